The van der Waals surface area contributed by atoms with Crippen molar-refractivity contribution in [1.82, 2.24) is 14.1 Å². The van der Waals surface area contributed by atoms with E-state index in [0.29, 0.717) is 12.3 Å². The molecular formula is C17H32N4O5S. The maximum atomic E-state index is 12.9. The van der Waals surface area contributed by atoms with E-state index in [1.165, 1.54) is 4.90 Å². The Morgan fingerprint density at radius 2 is 1.93 bits per heavy atom. The molecule has 1 aliphatic heterocycles. The first-order valence-electron chi connectivity index (χ1n) is 8.93. The zero-order chi connectivity index (χ0) is 20.6. The Kier molecular flexibility index (Phi) is 5.80. The minimum Gasteiger partial charge on any atom is -0.453 e. The Labute approximate surface area is 160 Å². The highest BCUT2D eigenvalue weighted by molar-refractivity contribution is 8.08. The summed E-state index contributed by atoms with van der Waals surface area (Å²) >= 11 is 0. The summed E-state index contributed by atoms with van der Waals surface area (Å²) < 4.78 is 40.3. The number of hydrogen-bond acceptors (Lipinski definition) is 5. The molecule has 1 saturated heterocycles. The number of nitrogen functional groups attached to an aromatic ring is 1. The fourth-order valence-corrected chi connectivity index (χ4v) is 4.52. The summed E-state index contributed by atoms with van der Waals surface area (Å²) in [4.78, 5) is 16.1. The fourth-order valence-electron chi connectivity index (χ4n) is 2.82. The molecule has 1 amide bonds. The molecule has 1 aromatic heterocycles. The van der Waals surface area contributed by atoms with E-state index in [1.807, 2.05) is 39.8 Å². The topological polar surface area (TPSA) is 123 Å². The largest absolute Gasteiger partial charge is 0.453 e. The number of nitrogens with two attached hydrogens (primary N) is 1. The van der Waals surface area contributed by atoms with Gasteiger partial charge in [0.25, 0.3) is 5.91 Å². The summed E-state index contributed by atoms with van der Waals surface area (Å²) in [6, 6.07) is 1.64. The molecule has 4 N–H and O–H groups in total. The van der Waals surface area contributed by atoms with Crippen molar-refractivity contribution < 1.29 is 22.5 Å². The average Bonchev–Trinajstić information content (AvgIpc) is 2.84. The molecule has 1 aliphatic rings. The normalized spacial score (nSPS) is 22.2. The molecule has 0 saturated carbocycles. The molecule has 0 radical (unpaired) electrons. The third-order valence-electron chi connectivity index (χ3n) is 4.63. The van der Waals surface area contributed by atoms with Crippen LogP contribution >= 0.6 is 0 Å². The van der Waals surface area contributed by atoms with E-state index in [1.54, 1.807) is 6.07 Å². The fraction of sp³-hybridized carbons (Fsp3) is 0.706. The molecular weight excluding hydrogens is 372 g/mol. The molecule has 27 heavy (non-hydrogen) atoms. The zero-order valence-electron chi connectivity index (χ0n) is 16.8. The van der Waals surface area contributed by atoms with Crippen LogP contribution in [0.4, 0.5) is 5.69 Å². The zero-order valence-corrected chi connectivity index (χ0v) is 17.6. The van der Waals surface area contributed by atoms with Gasteiger partial charge in [-0.2, -0.15) is 0 Å². The third kappa shape index (κ3) is 5.08. The Bertz CT molecular complexity index is 762. The Morgan fingerprint density at radius 1 is 1.30 bits per heavy atom. The van der Waals surface area contributed by atoms with Gasteiger partial charge in [-0.1, -0.05) is 20.8 Å². The summed E-state index contributed by atoms with van der Waals surface area (Å²) in [7, 11) is -1.29. The molecule has 0 spiro atoms. The molecule has 0 atom stereocenters. The lowest BCUT2D eigenvalue weighted by molar-refractivity contribution is 0.0730. The maximum Gasteiger partial charge on any atom is 0.291 e. The lowest BCUT2D eigenvalue weighted by Gasteiger charge is -2.40. The van der Waals surface area contributed by atoms with Crippen LogP contribution in [-0.4, -0.2) is 85.9 Å². The van der Waals surface area contributed by atoms with Gasteiger partial charge in [0.1, 0.15) is 15.6 Å². The molecule has 10 heteroatoms. The highest BCUT2D eigenvalue weighted by Crippen LogP contribution is 2.31. The van der Waals surface area contributed by atoms with Crippen LogP contribution in [0.1, 0.15) is 37.1 Å². The average molecular weight is 405 g/mol. The lowest BCUT2D eigenvalue weighted by atomic mass is 9.93. The van der Waals surface area contributed by atoms with Crippen molar-refractivity contribution in [3.63, 3.8) is 0 Å². The first-order chi connectivity index (χ1) is 12.2. The van der Waals surface area contributed by atoms with E-state index in [-0.39, 0.29) is 43.0 Å². The summed E-state index contributed by atoms with van der Waals surface area (Å²) in [6.45, 7) is 6.76. The molecule has 0 aromatic carbocycles. The molecule has 1 fully saturated rings. The van der Waals surface area contributed by atoms with E-state index in [4.69, 9.17) is 10.2 Å². The molecule has 156 valence electrons. The van der Waals surface area contributed by atoms with Crippen LogP contribution in [0.25, 0.3) is 0 Å². The van der Waals surface area contributed by atoms with Crippen LogP contribution in [-0.2, 0) is 15.2 Å². The second kappa shape index (κ2) is 7.17. The van der Waals surface area contributed by atoms with E-state index in [0.717, 1.165) is 4.31 Å². The Morgan fingerprint density at radius 3 is 2.44 bits per heavy atom. The van der Waals surface area contributed by atoms with Gasteiger partial charge < -0.3 is 20.0 Å². The number of anilines is 1. The third-order valence-corrected chi connectivity index (χ3v) is 6.93. The summed E-state index contributed by atoms with van der Waals surface area (Å²) in [5, 5.41) is 0. The number of likely N-dealkylation sites (N-methyl/N-ethyl adjacent to an activating group) is 1. The first kappa shape index (κ1) is 21.8. The molecule has 2 heterocycles. The molecule has 9 nitrogen and oxygen atoms in total. The number of carbonyl (C=O) groups excluding carboxylic acids is 1. The number of amides is 1. The highest BCUT2D eigenvalue weighted by Gasteiger charge is 2.41. The van der Waals surface area contributed by atoms with Gasteiger partial charge in [-0.25, -0.2) is 8.51 Å². The van der Waals surface area contributed by atoms with Gasteiger partial charge >= 0.3 is 0 Å². The quantitative estimate of drug-likeness (QED) is 0.688. The van der Waals surface area contributed by atoms with Gasteiger partial charge in [0.05, 0.1) is 11.4 Å². The minimum atomic E-state index is -4.97. The number of nitrogens with zero attached hydrogens (tertiary/aromatic N) is 3. The van der Waals surface area contributed by atoms with Gasteiger partial charge in [0, 0.05) is 44.2 Å². The van der Waals surface area contributed by atoms with Gasteiger partial charge in [-0.05, 0) is 14.1 Å². The van der Waals surface area contributed by atoms with Crippen LogP contribution in [0.3, 0.4) is 0 Å². The van der Waals surface area contributed by atoms with E-state index in [9.17, 15) is 18.1 Å². The van der Waals surface area contributed by atoms with Crippen molar-refractivity contribution in [3.05, 3.63) is 17.6 Å². The smallest absolute Gasteiger partial charge is 0.291 e. The molecule has 0 unspecified atom stereocenters. The maximum absolute atomic E-state index is 12.9. The van der Waals surface area contributed by atoms with Crippen molar-refractivity contribution in [2.75, 3.05) is 58.3 Å². The predicted octanol–water partition coefficient (Wildman–Crippen LogP) is 1.16. The molecule has 0 aliphatic carbocycles. The standard InChI is InChI=1S/C17H32N4O5S/c1-17(2,3)14-12-13(18)15(26-14)16(22)20-7-9-21(8-6-19(4)5)27(23,24,25)11-10-20/h12H,6-11,18H2,1-5H3,(H2,23,24,25). The van der Waals surface area contributed by atoms with Gasteiger partial charge in [-0.3, -0.25) is 13.9 Å². The van der Waals surface area contributed by atoms with Gasteiger partial charge in [-0.15, -0.1) is 0 Å². The van der Waals surface area contributed by atoms with E-state index >= 15 is 0 Å². The predicted molar refractivity (Wildman–Crippen MR) is 106 cm³/mol. The lowest BCUT2D eigenvalue weighted by Crippen LogP contribution is -2.54. The first-order valence-corrected chi connectivity index (χ1v) is 10.9. The van der Waals surface area contributed by atoms with E-state index in [2.05, 4.69) is 0 Å². The minimum absolute atomic E-state index is 0.0288. The van der Waals surface area contributed by atoms with Gasteiger partial charge in [0.2, 0.25) is 5.76 Å². The highest BCUT2D eigenvalue weighted by atomic mass is 32.3. The summed E-state index contributed by atoms with van der Waals surface area (Å²) in [5.41, 5.74) is 5.90. The number of hydrogen-bond donors (Lipinski definition) is 3. The molecule has 0 bridgehead atoms. The SMILES string of the molecule is CN(C)CCN1CCN(C(=O)c2oc(C(C)(C)C)cc2N)CCS1(=O)(O)O. The monoisotopic (exact) mass is 404 g/mol. The summed E-state index contributed by atoms with van der Waals surface area (Å²) in [5.74, 6) is -0.262. The second-order valence-electron chi connectivity index (χ2n) is 8.35. The van der Waals surface area contributed by atoms with Crippen molar-refractivity contribution in [2.45, 2.75) is 26.2 Å². The molecule has 1 aromatic rings. The number of furan rings is 1. The Hall–Kier alpha value is -1.46. The van der Waals surface area contributed by atoms with E-state index < -0.39 is 21.5 Å². The number of rotatable bonds is 4. The second-order valence-corrected chi connectivity index (χ2v) is 11.2. The van der Waals surface area contributed by atoms with Crippen LogP contribution in [0, 0.1) is 0 Å². The van der Waals surface area contributed by atoms with Crippen molar-refractivity contribution >= 4 is 21.4 Å². The van der Waals surface area contributed by atoms with Gasteiger partial charge in [0.15, 0.2) is 0 Å². The van der Waals surface area contributed by atoms with Crippen LogP contribution in [0.15, 0.2) is 10.5 Å². The number of carbonyl (C=O) groups is 1. The summed E-state index contributed by atoms with van der Waals surface area (Å²) in [6.07, 6.45) is 0. The Balaban J connectivity index is 2.21. The van der Waals surface area contributed by atoms with Crippen LogP contribution < -0.4 is 5.73 Å². The van der Waals surface area contributed by atoms with Crippen LogP contribution in [0.5, 0.6) is 0 Å². The van der Waals surface area contributed by atoms with Crippen molar-refractivity contribution in [1.29, 1.82) is 0 Å². The van der Waals surface area contributed by atoms with Crippen molar-refractivity contribution in [3.8, 4) is 0 Å². The van der Waals surface area contributed by atoms with Crippen LogP contribution in [0.2, 0.25) is 0 Å². The van der Waals surface area contributed by atoms with Crippen molar-refractivity contribution in [2.24, 2.45) is 0 Å². The molecule has 2 rings (SSSR count).